The van der Waals surface area contributed by atoms with Crippen LogP contribution in [0.5, 0.6) is 23.0 Å². The van der Waals surface area contributed by atoms with Crippen molar-refractivity contribution in [2.24, 2.45) is 0 Å². The molecular weight excluding hydrogens is 436 g/mol. The van der Waals surface area contributed by atoms with E-state index in [1.807, 2.05) is 30.3 Å². The smallest absolute Gasteiger partial charge is 0.271 e. The lowest BCUT2D eigenvalue weighted by Crippen LogP contribution is -2.43. The van der Waals surface area contributed by atoms with E-state index in [4.69, 9.17) is 18.9 Å². The minimum Gasteiger partial charge on any atom is -0.497 e. The first-order valence-corrected chi connectivity index (χ1v) is 10.5. The Morgan fingerprint density at radius 1 is 0.912 bits per heavy atom. The Hall–Kier alpha value is -4.25. The van der Waals surface area contributed by atoms with Crippen molar-refractivity contribution in [2.75, 3.05) is 35.0 Å². The van der Waals surface area contributed by atoms with E-state index in [-0.39, 0.29) is 17.7 Å². The van der Waals surface area contributed by atoms with Crippen LogP contribution in [0, 0.1) is 11.3 Å². The van der Waals surface area contributed by atoms with E-state index in [9.17, 15) is 14.9 Å². The maximum Gasteiger partial charge on any atom is 0.271 e. The number of nitrogens with zero attached hydrogens (tertiary/aromatic N) is 2. The average Bonchev–Trinajstić information content (AvgIpc) is 2.86. The topological polar surface area (TPSA) is 98.1 Å². The average molecular weight is 463 g/mol. The molecule has 0 saturated carbocycles. The summed E-state index contributed by atoms with van der Waals surface area (Å²) in [7, 11) is 6.08. The number of imide groups is 1. The van der Waals surface area contributed by atoms with E-state index >= 15 is 0 Å². The van der Waals surface area contributed by atoms with Crippen LogP contribution < -0.4 is 18.9 Å². The number of methoxy groups -OCH3 is 4. The monoisotopic (exact) mass is 462 g/mol. The van der Waals surface area contributed by atoms with Crippen LogP contribution in [0.1, 0.15) is 18.1 Å². The quantitative estimate of drug-likeness (QED) is 0.437. The van der Waals surface area contributed by atoms with Gasteiger partial charge in [0, 0.05) is 12.1 Å². The molecule has 0 aliphatic carbocycles. The van der Waals surface area contributed by atoms with Crippen LogP contribution in [0.25, 0.3) is 6.08 Å². The molecule has 1 aliphatic heterocycles. The molecular formula is C26H26N2O6. The van der Waals surface area contributed by atoms with Crippen molar-refractivity contribution in [1.82, 2.24) is 4.90 Å². The minimum absolute atomic E-state index is 0.0620. The van der Waals surface area contributed by atoms with E-state index in [0.717, 1.165) is 16.2 Å². The molecule has 0 bridgehead atoms. The molecule has 2 aromatic rings. The van der Waals surface area contributed by atoms with Gasteiger partial charge < -0.3 is 18.9 Å². The Morgan fingerprint density at radius 3 is 2.03 bits per heavy atom. The van der Waals surface area contributed by atoms with E-state index in [1.54, 1.807) is 32.2 Å². The predicted molar refractivity (Wildman–Crippen MR) is 126 cm³/mol. The van der Waals surface area contributed by atoms with Crippen LogP contribution >= 0.6 is 0 Å². The van der Waals surface area contributed by atoms with Gasteiger partial charge in [-0.2, -0.15) is 5.26 Å². The van der Waals surface area contributed by atoms with Crippen molar-refractivity contribution in [3.8, 4) is 29.1 Å². The summed E-state index contributed by atoms with van der Waals surface area (Å²) in [5, 5.41) is 9.63. The first kappa shape index (κ1) is 24.4. The van der Waals surface area contributed by atoms with Crippen molar-refractivity contribution in [2.45, 2.75) is 13.3 Å². The fourth-order valence-electron chi connectivity index (χ4n) is 3.72. The molecule has 0 atom stereocenters. The molecule has 1 heterocycles. The van der Waals surface area contributed by atoms with Crippen molar-refractivity contribution in [1.29, 1.82) is 5.26 Å². The molecule has 0 aromatic heterocycles. The van der Waals surface area contributed by atoms with Gasteiger partial charge in [0.25, 0.3) is 11.8 Å². The van der Waals surface area contributed by atoms with Crippen LogP contribution in [-0.4, -0.2) is 51.7 Å². The number of hydrogen-bond donors (Lipinski definition) is 0. The zero-order valence-corrected chi connectivity index (χ0v) is 19.8. The van der Waals surface area contributed by atoms with Crippen LogP contribution in [0.2, 0.25) is 0 Å². The highest BCUT2D eigenvalue weighted by Gasteiger charge is 2.35. The van der Waals surface area contributed by atoms with E-state index in [2.05, 4.69) is 0 Å². The Bertz CT molecular complexity index is 1180. The summed E-state index contributed by atoms with van der Waals surface area (Å²) in [6.45, 7) is 1.73. The zero-order chi connectivity index (χ0) is 24.8. The standard InChI is InChI=1S/C26H26N2O6/c1-16-20(12-18-13-22(32-3)24(34-5)23(14-18)33-4)25(29)28(26(30)21(16)15-27)11-10-17-6-8-19(31-2)9-7-17/h6-9,12-14H,10-11H2,1-5H3/b20-12+. The highest BCUT2D eigenvalue weighted by molar-refractivity contribution is 6.19. The SMILES string of the molecule is COc1ccc(CCN2C(=O)C(C#N)=C(C)/C(=C\c3cc(OC)c(OC)c(OC)c3)C2=O)cc1. The van der Waals surface area contributed by atoms with Gasteiger partial charge >= 0.3 is 0 Å². The predicted octanol–water partition coefficient (Wildman–Crippen LogP) is 3.56. The molecule has 2 amide bonds. The number of nitriles is 1. The van der Waals surface area contributed by atoms with Gasteiger partial charge in [0.1, 0.15) is 17.4 Å². The minimum atomic E-state index is -0.597. The summed E-state index contributed by atoms with van der Waals surface area (Å²) in [5.41, 5.74) is 2.04. The molecule has 0 N–H and O–H groups in total. The van der Waals surface area contributed by atoms with Crippen molar-refractivity contribution in [3.63, 3.8) is 0 Å². The molecule has 34 heavy (non-hydrogen) atoms. The van der Waals surface area contributed by atoms with Crippen LogP contribution in [-0.2, 0) is 16.0 Å². The fraction of sp³-hybridized carbons (Fsp3) is 0.269. The number of carbonyl (C=O) groups excluding carboxylic acids is 2. The van der Waals surface area contributed by atoms with Gasteiger partial charge in [0.05, 0.1) is 28.4 Å². The largest absolute Gasteiger partial charge is 0.497 e. The van der Waals surface area contributed by atoms with Gasteiger partial charge in [-0.3, -0.25) is 14.5 Å². The van der Waals surface area contributed by atoms with Gasteiger partial charge in [-0.1, -0.05) is 12.1 Å². The number of rotatable bonds is 8. The van der Waals surface area contributed by atoms with Gasteiger partial charge in [0.15, 0.2) is 11.5 Å². The van der Waals surface area contributed by atoms with Crippen LogP contribution in [0.3, 0.4) is 0 Å². The molecule has 1 aliphatic rings. The van der Waals surface area contributed by atoms with Crippen molar-refractivity contribution in [3.05, 3.63) is 64.2 Å². The second-order valence-corrected chi connectivity index (χ2v) is 7.49. The summed E-state index contributed by atoms with van der Waals surface area (Å²) in [6, 6.07) is 12.7. The molecule has 176 valence electrons. The highest BCUT2D eigenvalue weighted by atomic mass is 16.5. The number of amides is 2. The summed E-state index contributed by atoms with van der Waals surface area (Å²) in [4.78, 5) is 27.4. The van der Waals surface area contributed by atoms with Gasteiger partial charge in [-0.05, 0) is 60.4 Å². The number of ether oxygens (including phenoxy) is 4. The van der Waals surface area contributed by atoms with Gasteiger partial charge in [-0.15, -0.1) is 0 Å². The normalized spacial score (nSPS) is 14.8. The second kappa shape index (κ2) is 10.6. The lowest BCUT2D eigenvalue weighted by atomic mass is 9.93. The third-order valence-corrected chi connectivity index (χ3v) is 5.61. The van der Waals surface area contributed by atoms with E-state index in [1.165, 1.54) is 21.3 Å². The lowest BCUT2D eigenvalue weighted by Gasteiger charge is -2.27. The Balaban J connectivity index is 1.99. The zero-order valence-electron chi connectivity index (χ0n) is 19.8. The first-order valence-electron chi connectivity index (χ1n) is 10.5. The van der Waals surface area contributed by atoms with Crippen molar-refractivity contribution < 1.29 is 28.5 Å². The first-order chi connectivity index (χ1) is 16.4. The molecule has 0 spiro atoms. The molecule has 0 fully saturated rings. The van der Waals surface area contributed by atoms with Gasteiger partial charge in [0.2, 0.25) is 5.75 Å². The lowest BCUT2D eigenvalue weighted by molar-refractivity contribution is -0.140. The Kier molecular flexibility index (Phi) is 7.59. The number of carbonyl (C=O) groups is 2. The van der Waals surface area contributed by atoms with Crippen molar-refractivity contribution >= 4 is 17.9 Å². The maximum atomic E-state index is 13.4. The maximum absolute atomic E-state index is 13.4. The van der Waals surface area contributed by atoms with Crippen LogP contribution in [0.15, 0.2) is 53.1 Å². The molecule has 0 radical (unpaired) electrons. The second-order valence-electron chi connectivity index (χ2n) is 7.49. The molecule has 3 rings (SSSR count). The molecule has 8 heteroatoms. The summed E-state index contributed by atoms with van der Waals surface area (Å²) in [5.74, 6) is 0.917. The third kappa shape index (κ3) is 4.74. The molecule has 0 unspecified atom stereocenters. The summed E-state index contributed by atoms with van der Waals surface area (Å²) < 4.78 is 21.3. The molecule has 2 aromatic carbocycles. The number of hydrogen-bond acceptors (Lipinski definition) is 7. The molecule has 0 saturated heterocycles. The summed E-state index contributed by atoms with van der Waals surface area (Å²) in [6.07, 6.45) is 2.06. The van der Waals surface area contributed by atoms with Crippen LogP contribution in [0.4, 0.5) is 0 Å². The molecule has 8 nitrogen and oxygen atoms in total. The highest BCUT2D eigenvalue weighted by Crippen LogP contribution is 2.39. The number of benzene rings is 2. The third-order valence-electron chi connectivity index (χ3n) is 5.61. The summed E-state index contributed by atoms with van der Waals surface area (Å²) >= 11 is 0. The van der Waals surface area contributed by atoms with E-state index in [0.29, 0.717) is 34.8 Å². The fourth-order valence-corrected chi connectivity index (χ4v) is 3.72. The van der Waals surface area contributed by atoms with Gasteiger partial charge in [-0.25, -0.2) is 0 Å². The Morgan fingerprint density at radius 2 is 1.53 bits per heavy atom. The Labute approximate surface area is 198 Å². The van der Waals surface area contributed by atoms with E-state index < -0.39 is 11.8 Å².